The van der Waals surface area contributed by atoms with E-state index in [1.54, 1.807) is 0 Å². The Hall–Kier alpha value is -1.20. The molecule has 1 N–H and O–H groups in total. The van der Waals surface area contributed by atoms with Crippen molar-refractivity contribution in [1.29, 1.82) is 0 Å². The number of aryl methyl sites for hydroxylation is 1. The van der Waals surface area contributed by atoms with Crippen LogP contribution >= 0.6 is 0 Å². The second kappa shape index (κ2) is 7.18. The fraction of sp³-hybridized carbons (Fsp3) is 0.750. The van der Waals surface area contributed by atoms with Gasteiger partial charge in [-0.3, -0.25) is 0 Å². The maximum Gasteiger partial charge on any atom is 0.244 e. The summed E-state index contributed by atoms with van der Waals surface area (Å²) in [7, 11) is 0. The third-order valence-corrected chi connectivity index (χ3v) is 4.55. The first-order valence-corrected chi connectivity index (χ1v) is 8.09. The van der Waals surface area contributed by atoms with Gasteiger partial charge in [0.2, 0.25) is 5.89 Å². The minimum Gasteiger partial charge on any atom is -0.381 e. The molecule has 1 saturated heterocycles. The molecule has 2 heterocycles. The number of nitrogens with one attached hydrogen (secondary N) is 1. The van der Waals surface area contributed by atoms with Crippen molar-refractivity contribution in [1.82, 2.24) is 15.5 Å². The summed E-state index contributed by atoms with van der Waals surface area (Å²) >= 11 is 0. The van der Waals surface area contributed by atoms with Gasteiger partial charge in [0.05, 0.1) is 6.04 Å². The maximum absolute atomic E-state index is 5.48. The summed E-state index contributed by atoms with van der Waals surface area (Å²) in [6.07, 6.45) is 10.4. The maximum atomic E-state index is 5.48. The molecule has 5 nitrogen and oxygen atoms in total. The third kappa shape index (κ3) is 3.92. The quantitative estimate of drug-likeness (QED) is 0.845. The minimum absolute atomic E-state index is 0.168. The molecule has 0 bridgehead atoms. The van der Waals surface area contributed by atoms with Crippen LogP contribution in [-0.4, -0.2) is 29.9 Å². The van der Waals surface area contributed by atoms with Gasteiger partial charge in [0, 0.05) is 13.2 Å². The number of allylic oxidation sites excluding steroid dienone is 2. The van der Waals surface area contributed by atoms with Gasteiger partial charge in [-0.1, -0.05) is 17.3 Å². The molecule has 1 aromatic rings. The number of nitrogens with zero attached hydrogens (tertiary/aromatic N) is 2. The van der Waals surface area contributed by atoms with Crippen LogP contribution in [0.1, 0.15) is 49.9 Å². The van der Waals surface area contributed by atoms with Crippen LogP contribution in [0, 0.1) is 18.8 Å². The van der Waals surface area contributed by atoms with Gasteiger partial charge in [-0.05, 0) is 57.4 Å². The minimum atomic E-state index is 0.168. The summed E-state index contributed by atoms with van der Waals surface area (Å²) in [5.74, 6) is 2.70. The molecule has 0 radical (unpaired) electrons. The lowest BCUT2D eigenvalue weighted by atomic mass is 9.89. The van der Waals surface area contributed by atoms with Crippen molar-refractivity contribution in [2.45, 2.75) is 45.1 Å². The summed E-state index contributed by atoms with van der Waals surface area (Å²) in [6.45, 7) is 4.57. The van der Waals surface area contributed by atoms with Gasteiger partial charge in [-0.25, -0.2) is 0 Å². The topological polar surface area (TPSA) is 60.2 Å². The van der Waals surface area contributed by atoms with Gasteiger partial charge < -0.3 is 14.6 Å². The number of hydrogen-bond acceptors (Lipinski definition) is 5. The number of rotatable bonds is 5. The monoisotopic (exact) mass is 291 g/mol. The normalized spacial score (nSPS) is 25.1. The fourth-order valence-corrected chi connectivity index (χ4v) is 3.28. The molecule has 5 heteroatoms. The predicted molar refractivity (Wildman–Crippen MR) is 79.8 cm³/mol. The first-order chi connectivity index (χ1) is 10.3. The van der Waals surface area contributed by atoms with Crippen LogP contribution in [-0.2, 0) is 4.74 Å². The molecule has 2 aliphatic rings. The van der Waals surface area contributed by atoms with E-state index >= 15 is 0 Å². The molecule has 2 atom stereocenters. The summed E-state index contributed by atoms with van der Waals surface area (Å²) in [5.41, 5.74) is 0. The van der Waals surface area contributed by atoms with Crippen molar-refractivity contribution in [2.24, 2.45) is 11.8 Å². The number of hydrogen-bond donors (Lipinski definition) is 1. The van der Waals surface area contributed by atoms with Crippen molar-refractivity contribution >= 4 is 0 Å². The lowest BCUT2D eigenvalue weighted by Gasteiger charge is -2.30. The molecular formula is C16H25N3O2. The van der Waals surface area contributed by atoms with Crippen LogP contribution in [0.4, 0.5) is 0 Å². The molecule has 1 fully saturated rings. The molecule has 21 heavy (non-hydrogen) atoms. The summed E-state index contributed by atoms with van der Waals surface area (Å²) in [4.78, 5) is 4.45. The standard InChI is InChI=1S/C16H25N3O2/c1-12-18-16(21-19-12)15(14-7-9-20-10-8-14)17-11-13-5-3-2-4-6-13/h2-3,13-15,17H,4-11H2,1H3/t13-,15+/m0/s1. The van der Waals surface area contributed by atoms with E-state index in [2.05, 4.69) is 27.6 Å². The van der Waals surface area contributed by atoms with Gasteiger partial charge in [0.15, 0.2) is 5.82 Å². The van der Waals surface area contributed by atoms with Gasteiger partial charge in [-0.15, -0.1) is 0 Å². The first-order valence-electron chi connectivity index (χ1n) is 8.09. The molecule has 0 saturated carbocycles. The summed E-state index contributed by atoms with van der Waals surface area (Å²) < 4.78 is 10.9. The lowest BCUT2D eigenvalue weighted by Crippen LogP contribution is -2.35. The second-order valence-electron chi connectivity index (χ2n) is 6.17. The number of ether oxygens (including phenoxy) is 1. The molecule has 116 valence electrons. The van der Waals surface area contributed by atoms with Gasteiger partial charge >= 0.3 is 0 Å². The summed E-state index contributed by atoms with van der Waals surface area (Å²) in [5, 5.41) is 7.66. The second-order valence-corrected chi connectivity index (χ2v) is 6.17. The fourth-order valence-electron chi connectivity index (χ4n) is 3.28. The van der Waals surface area contributed by atoms with Crippen LogP contribution in [0.15, 0.2) is 16.7 Å². The Kier molecular flexibility index (Phi) is 5.04. The van der Waals surface area contributed by atoms with E-state index in [0.29, 0.717) is 11.7 Å². The Bertz CT molecular complexity index is 466. The molecule has 0 unspecified atom stereocenters. The van der Waals surface area contributed by atoms with Crippen molar-refractivity contribution in [2.75, 3.05) is 19.8 Å². The molecule has 1 aromatic heterocycles. The van der Waals surface area contributed by atoms with Crippen molar-refractivity contribution in [3.63, 3.8) is 0 Å². The van der Waals surface area contributed by atoms with Gasteiger partial charge in [0.25, 0.3) is 0 Å². The zero-order valence-corrected chi connectivity index (χ0v) is 12.8. The van der Waals surface area contributed by atoms with E-state index in [-0.39, 0.29) is 6.04 Å². The average Bonchev–Trinajstić information content (AvgIpc) is 2.96. The average molecular weight is 291 g/mol. The molecule has 1 aliphatic heterocycles. The van der Waals surface area contributed by atoms with E-state index in [1.165, 1.54) is 19.3 Å². The van der Waals surface area contributed by atoms with Gasteiger partial charge in [0.1, 0.15) is 0 Å². The third-order valence-electron chi connectivity index (χ3n) is 4.55. The molecule has 0 aromatic carbocycles. The molecule has 1 aliphatic carbocycles. The molecule has 0 amide bonds. The lowest BCUT2D eigenvalue weighted by molar-refractivity contribution is 0.0481. The van der Waals surface area contributed by atoms with Gasteiger partial charge in [-0.2, -0.15) is 4.98 Å². The molecular weight excluding hydrogens is 266 g/mol. The summed E-state index contributed by atoms with van der Waals surface area (Å²) in [6, 6.07) is 0.168. The Labute approximate surface area is 126 Å². The SMILES string of the molecule is Cc1noc([C@H](NC[C@H]2CC=CCC2)C2CCOCC2)n1. The van der Waals surface area contributed by atoms with Crippen LogP contribution in [0.2, 0.25) is 0 Å². The van der Waals surface area contributed by atoms with Crippen molar-refractivity contribution < 1.29 is 9.26 Å². The van der Waals surface area contributed by atoms with Crippen LogP contribution < -0.4 is 5.32 Å². The number of aromatic nitrogens is 2. The van der Waals surface area contributed by atoms with Crippen molar-refractivity contribution in [3.8, 4) is 0 Å². The van der Waals surface area contributed by atoms with Crippen LogP contribution in [0.5, 0.6) is 0 Å². The van der Waals surface area contributed by atoms with E-state index < -0.39 is 0 Å². The van der Waals surface area contributed by atoms with E-state index in [0.717, 1.165) is 44.4 Å². The van der Waals surface area contributed by atoms with Crippen LogP contribution in [0.3, 0.4) is 0 Å². The highest BCUT2D eigenvalue weighted by atomic mass is 16.5. The van der Waals surface area contributed by atoms with Crippen LogP contribution in [0.25, 0.3) is 0 Å². The highest BCUT2D eigenvalue weighted by Crippen LogP contribution is 2.30. The van der Waals surface area contributed by atoms with Crippen molar-refractivity contribution in [3.05, 3.63) is 23.9 Å². The zero-order valence-electron chi connectivity index (χ0n) is 12.8. The largest absolute Gasteiger partial charge is 0.381 e. The highest BCUT2D eigenvalue weighted by molar-refractivity contribution is 4.97. The molecule has 0 spiro atoms. The zero-order chi connectivity index (χ0) is 14.5. The first kappa shape index (κ1) is 14.7. The van der Waals surface area contributed by atoms with E-state index in [9.17, 15) is 0 Å². The Balaban J connectivity index is 1.64. The predicted octanol–water partition coefficient (Wildman–Crippen LogP) is 2.79. The Morgan fingerprint density at radius 3 is 2.81 bits per heavy atom. The van der Waals surface area contributed by atoms with E-state index in [4.69, 9.17) is 9.26 Å². The Morgan fingerprint density at radius 2 is 2.14 bits per heavy atom. The highest BCUT2D eigenvalue weighted by Gasteiger charge is 2.30. The van der Waals surface area contributed by atoms with E-state index in [1.807, 2.05) is 6.92 Å². The Morgan fingerprint density at radius 1 is 1.29 bits per heavy atom. The smallest absolute Gasteiger partial charge is 0.244 e. The molecule has 3 rings (SSSR count).